The summed E-state index contributed by atoms with van der Waals surface area (Å²) in [5.74, 6) is -0.468. The molecule has 0 unspecified atom stereocenters. The van der Waals surface area contributed by atoms with Crippen molar-refractivity contribution in [3.63, 3.8) is 0 Å². The standard InChI is InChI=1S/C27H32N4O3/c28-26(33)21-12-16-30(17-13-21)24-9-5-4-8-23(24)29-27(34)22-14-18-31(19-15-22)25(32)11-10-20-6-2-1-3-7-20/h1-11,21-22H,12-19H2,(H2,28,33)(H,29,34)/b11-10+. The molecule has 3 N–H and O–H groups in total. The average Bonchev–Trinajstić information content (AvgIpc) is 2.88. The Balaban J connectivity index is 1.30. The summed E-state index contributed by atoms with van der Waals surface area (Å²) in [6.07, 6.45) is 6.16. The zero-order chi connectivity index (χ0) is 23.9. The van der Waals surface area contributed by atoms with Crippen molar-refractivity contribution >= 4 is 35.2 Å². The minimum atomic E-state index is -0.235. The summed E-state index contributed by atoms with van der Waals surface area (Å²) in [6.45, 7) is 2.60. The Morgan fingerprint density at radius 1 is 0.824 bits per heavy atom. The van der Waals surface area contributed by atoms with Crippen LogP contribution in [0.3, 0.4) is 0 Å². The minimum Gasteiger partial charge on any atom is -0.370 e. The third kappa shape index (κ3) is 5.84. The number of piperidine rings is 2. The van der Waals surface area contributed by atoms with Crippen molar-refractivity contribution in [1.82, 2.24) is 4.90 Å². The Bertz CT molecular complexity index is 1040. The molecule has 0 atom stereocenters. The molecule has 0 saturated carbocycles. The van der Waals surface area contributed by atoms with Crippen molar-refractivity contribution in [3.8, 4) is 0 Å². The molecule has 2 aromatic rings. The fourth-order valence-corrected chi connectivity index (χ4v) is 4.69. The minimum absolute atomic E-state index is 0.00796. The molecule has 2 aromatic carbocycles. The van der Waals surface area contributed by atoms with Crippen molar-refractivity contribution in [2.75, 3.05) is 36.4 Å². The lowest BCUT2D eigenvalue weighted by Gasteiger charge is -2.34. The topological polar surface area (TPSA) is 95.7 Å². The first kappa shape index (κ1) is 23.5. The van der Waals surface area contributed by atoms with Crippen LogP contribution in [-0.4, -0.2) is 48.8 Å². The number of likely N-dealkylation sites (tertiary alicyclic amines) is 1. The third-order valence-electron chi connectivity index (χ3n) is 6.80. The van der Waals surface area contributed by atoms with E-state index in [1.54, 1.807) is 11.0 Å². The van der Waals surface area contributed by atoms with Gasteiger partial charge in [-0.15, -0.1) is 0 Å². The van der Waals surface area contributed by atoms with Gasteiger partial charge in [-0.2, -0.15) is 0 Å². The molecule has 2 aliphatic heterocycles. The number of carbonyl (C=O) groups is 3. The molecule has 3 amide bonds. The molecule has 178 valence electrons. The zero-order valence-electron chi connectivity index (χ0n) is 19.4. The van der Waals surface area contributed by atoms with E-state index >= 15 is 0 Å². The van der Waals surface area contributed by atoms with Crippen LogP contribution in [0.4, 0.5) is 11.4 Å². The Kier molecular flexibility index (Phi) is 7.62. The number of hydrogen-bond acceptors (Lipinski definition) is 4. The van der Waals surface area contributed by atoms with E-state index in [1.165, 1.54) is 0 Å². The van der Waals surface area contributed by atoms with E-state index in [1.807, 2.05) is 60.7 Å². The highest BCUT2D eigenvalue weighted by Crippen LogP contribution is 2.31. The number of benzene rings is 2. The van der Waals surface area contributed by atoms with Gasteiger partial charge in [-0.05, 0) is 49.5 Å². The summed E-state index contributed by atoms with van der Waals surface area (Å²) >= 11 is 0. The van der Waals surface area contributed by atoms with Gasteiger partial charge >= 0.3 is 0 Å². The summed E-state index contributed by atoms with van der Waals surface area (Å²) in [6, 6.07) is 17.5. The molecule has 0 aliphatic carbocycles. The predicted octanol–water partition coefficient (Wildman–Crippen LogP) is 3.28. The number of nitrogens with zero attached hydrogens (tertiary/aromatic N) is 2. The van der Waals surface area contributed by atoms with E-state index in [4.69, 9.17) is 5.73 Å². The summed E-state index contributed by atoms with van der Waals surface area (Å²) < 4.78 is 0. The second-order valence-electron chi connectivity index (χ2n) is 9.01. The molecule has 0 bridgehead atoms. The highest BCUT2D eigenvalue weighted by molar-refractivity contribution is 5.96. The maximum absolute atomic E-state index is 13.0. The van der Waals surface area contributed by atoms with E-state index < -0.39 is 0 Å². The van der Waals surface area contributed by atoms with Crippen LogP contribution in [-0.2, 0) is 14.4 Å². The van der Waals surface area contributed by atoms with E-state index in [9.17, 15) is 14.4 Å². The average molecular weight is 461 g/mol. The lowest BCUT2D eigenvalue weighted by atomic mass is 9.95. The molecule has 2 saturated heterocycles. The SMILES string of the molecule is NC(=O)C1CCN(c2ccccc2NC(=O)C2CCN(C(=O)/C=C/c3ccccc3)CC2)CC1. The number of amides is 3. The summed E-state index contributed by atoms with van der Waals surface area (Å²) in [4.78, 5) is 41.0. The maximum atomic E-state index is 13.0. The molecule has 0 aromatic heterocycles. The van der Waals surface area contributed by atoms with Gasteiger partial charge in [0.25, 0.3) is 0 Å². The Labute approximate surface area is 200 Å². The molecule has 2 aliphatic rings. The number of primary amides is 1. The van der Waals surface area contributed by atoms with Gasteiger partial charge in [0.15, 0.2) is 0 Å². The maximum Gasteiger partial charge on any atom is 0.246 e. The zero-order valence-corrected chi connectivity index (χ0v) is 19.4. The van der Waals surface area contributed by atoms with Crippen molar-refractivity contribution in [3.05, 3.63) is 66.2 Å². The second kappa shape index (κ2) is 11.0. The van der Waals surface area contributed by atoms with Gasteiger partial charge < -0.3 is 20.9 Å². The van der Waals surface area contributed by atoms with Gasteiger partial charge in [0.1, 0.15) is 0 Å². The van der Waals surface area contributed by atoms with Crippen molar-refractivity contribution < 1.29 is 14.4 Å². The fourth-order valence-electron chi connectivity index (χ4n) is 4.69. The Morgan fingerprint density at radius 2 is 1.44 bits per heavy atom. The Hall–Kier alpha value is -3.61. The number of anilines is 2. The fraction of sp³-hybridized carbons (Fsp3) is 0.370. The second-order valence-corrected chi connectivity index (χ2v) is 9.01. The summed E-state index contributed by atoms with van der Waals surface area (Å²) in [5.41, 5.74) is 8.20. The van der Waals surface area contributed by atoms with Crippen LogP contribution >= 0.6 is 0 Å². The molecule has 7 heteroatoms. The van der Waals surface area contributed by atoms with E-state index in [2.05, 4.69) is 10.2 Å². The highest BCUT2D eigenvalue weighted by Gasteiger charge is 2.28. The van der Waals surface area contributed by atoms with Gasteiger partial charge in [0.2, 0.25) is 17.7 Å². The number of nitrogens with two attached hydrogens (primary N) is 1. The van der Waals surface area contributed by atoms with Crippen LogP contribution < -0.4 is 16.0 Å². The van der Waals surface area contributed by atoms with Crippen LogP contribution in [0.1, 0.15) is 31.2 Å². The third-order valence-corrected chi connectivity index (χ3v) is 6.80. The van der Waals surface area contributed by atoms with Crippen molar-refractivity contribution in [1.29, 1.82) is 0 Å². The van der Waals surface area contributed by atoms with Crippen LogP contribution in [0, 0.1) is 11.8 Å². The van der Waals surface area contributed by atoms with Gasteiger partial charge in [-0.3, -0.25) is 14.4 Å². The number of hydrogen-bond donors (Lipinski definition) is 2. The van der Waals surface area contributed by atoms with Crippen molar-refractivity contribution in [2.45, 2.75) is 25.7 Å². The van der Waals surface area contributed by atoms with Crippen molar-refractivity contribution in [2.24, 2.45) is 17.6 Å². The number of carbonyl (C=O) groups excluding carboxylic acids is 3. The first-order valence-electron chi connectivity index (χ1n) is 12.0. The number of nitrogens with one attached hydrogen (secondary N) is 1. The molecular weight excluding hydrogens is 428 g/mol. The lowest BCUT2D eigenvalue weighted by Crippen LogP contribution is -2.41. The summed E-state index contributed by atoms with van der Waals surface area (Å²) in [5, 5.41) is 3.11. The lowest BCUT2D eigenvalue weighted by molar-refractivity contribution is -0.130. The smallest absolute Gasteiger partial charge is 0.246 e. The van der Waals surface area contributed by atoms with Crippen LogP contribution in [0.25, 0.3) is 6.08 Å². The molecule has 4 rings (SSSR count). The van der Waals surface area contributed by atoms with Gasteiger partial charge in [-0.1, -0.05) is 42.5 Å². The van der Waals surface area contributed by atoms with E-state index in [-0.39, 0.29) is 29.6 Å². The summed E-state index contributed by atoms with van der Waals surface area (Å²) in [7, 11) is 0. The molecule has 0 spiro atoms. The van der Waals surface area contributed by atoms with Crippen LogP contribution in [0.5, 0.6) is 0 Å². The first-order valence-corrected chi connectivity index (χ1v) is 12.0. The molecule has 2 heterocycles. The molecule has 7 nitrogen and oxygen atoms in total. The highest BCUT2D eigenvalue weighted by atomic mass is 16.2. The van der Waals surface area contributed by atoms with E-state index in [0.29, 0.717) is 25.9 Å². The van der Waals surface area contributed by atoms with Gasteiger partial charge in [0, 0.05) is 44.1 Å². The Morgan fingerprint density at radius 3 is 2.12 bits per heavy atom. The van der Waals surface area contributed by atoms with Gasteiger partial charge in [-0.25, -0.2) is 0 Å². The number of para-hydroxylation sites is 2. The monoisotopic (exact) mass is 460 g/mol. The molecule has 2 fully saturated rings. The number of rotatable bonds is 6. The molecular formula is C27H32N4O3. The quantitative estimate of drug-likeness (QED) is 0.647. The molecule has 0 radical (unpaired) electrons. The first-order chi connectivity index (χ1) is 16.5. The van der Waals surface area contributed by atoms with Crippen LogP contribution in [0.15, 0.2) is 60.7 Å². The van der Waals surface area contributed by atoms with E-state index in [0.717, 1.165) is 42.9 Å². The normalized spacial score (nSPS) is 17.6. The molecule has 34 heavy (non-hydrogen) atoms. The largest absolute Gasteiger partial charge is 0.370 e. The van der Waals surface area contributed by atoms with Crippen LogP contribution in [0.2, 0.25) is 0 Å². The predicted molar refractivity (Wildman–Crippen MR) is 134 cm³/mol. The van der Waals surface area contributed by atoms with Gasteiger partial charge in [0.05, 0.1) is 11.4 Å².